The molecule has 0 heterocycles. The van der Waals surface area contributed by atoms with Gasteiger partial charge in [-0.15, -0.1) is 0 Å². The summed E-state index contributed by atoms with van der Waals surface area (Å²) < 4.78 is 49.6. The molecule has 0 amide bonds. The summed E-state index contributed by atoms with van der Waals surface area (Å²) in [6.07, 6.45) is -0.0810. The first-order valence-corrected chi connectivity index (χ1v) is 8.10. The second-order valence-corrected chi connectivity index (χ2v) is 6.24. The summed E-state index contributed by atoms with van der Waals surface area (Å²) in [4.78, 5) is 0. The molecule has 0 fully saturated rings. The minimum Gasteiger partial charge on any atom is -0.382 e. The Morgan fingerprint density at radius 3 is 2.24 bits per heavy atom. The lowest BCUT2D eigenvalue weighted by Gasteiger charge is -2.27. The molecular formula is C14H19F2O4P. The van der Waals surface area contributed by atoms with Gasteiger partial charge in [0.2, 0.25) is 0 Å². The highest BCUT2D eigenvalue weighted by molar-refractivity contribution is 7.55. The number of hydrogen-bond donors (Lipinski definition) is 1. The molecule has 0 aliphatic heterocycles. The fourth-order valence-corrected chi connectivity index (χ4v) is 3.10. The van der Waals surface area contributed by atoms with Crippen molar-refractivity contribution in [3.63, 3.8) is 0 Å². The summed E-state index contributed by atoms with van der Waals surface area (Å²) in [6.45, 7) is 2.44. The number of rotatable bonds is 8. The molecule has 1 N–H and O–H groups in total. The first-order valence-electron chi connectivity index (χ1n) is 6.55. The molecule has 0 radical (unpaired) electrons. The lowest BCUT2D eigenvalue weighted by atomic mass is 10.2. The van der Waals surface area contributed by atoms with E-state index in [9.17, 15) is 18.5 Å². The summed E-state index contributed by atoms with van der Waals surface area (Å²) in [7, 11) is -4.73. The van der Waals surface area contributed by atoms with Crippen molar-refractivity contribution < 1.29 is 27.5 Å². The van der Waals surface area contributed by atoms with E-state index < -0.39 is 19.4 Å². The molecule has 7 heteroatoms. The van der Waals surface area contributed by atoms with E-state index in [1.807, 2.05) is 0 Å². The maximum absolute atomic E-state index is 14.1. The van der Waals surface area contributed by atoms with Crippen molar-refractivity contribution in [2.75, 3.05) is 13.2 Å². The summed E-state index contributed by atoms with van der Waals surface area (Å²) in [5.74, 6) is 0. The van der Waals surface area contributed by atoms with Crippen molar-refractivity contribution in [1.29, 1.82) is 0 Å². The van der Waals surface area contributed by atoms with E-state index in [4.69, 9.17) is 0 Å². The van der Waals surface area contributed by atoms with Crippen LogP contribution in [0.5, 0.6) is 0 Å². The van der Waals surface area contributed by atoms with Crippen LogP contribution in [0.4, 0.5) is 8.78 Å². The number of alkyl halides is 2. The summed E-state index contributed by atoms with van der Waals surface area (Å²) >= 11 is 0. The topological polar surface area (TPSA) is 55.8 Å². The van der Waals surface area contributed by atoms with Gasteiger partial charge in [0.1, 0.15) is 6.10 Å². The van der Waals surface area contributed by atoms with Crippen LogP contribution >= 0.6 is 7.60 Å². The van der Waals surface area contributed by atoms with Crippen LogP contribution < -0.4 is 0 Å². The zero-order valence-corrected chi connectivity index (χ0v) is 12.8. The van der Waals surface area contributed by atoms with Crippen molar-refractivity contribution in [3.05, 3.63) is 42.0 Å². The largest absolute Gasteiger partial charge is 0.402 e. The van der Waals surface area contributed by atoms with Crippen molar-refractivity contribution in [2.45, 2.75) is 25.6 Å². The molecule has 4 nitrogen and oxygen atoms in total. The molecule has 0 spiro atoms. The third kappa shape index (κ3) is 4.45. The molecule has 1 atom stereocenters. The molecule has 0 bridgehead atoms. The molecule has 1 aromatic carbocycles. The number of benzene rings is 1. The molecule has 21 heavy (non-hydrogen) atoms. The minimum absolute atomic E-state index is 0.206. The van der Waals surface area contributed by atoms with Crippen molar-refractivity contribution >= 4 is 13.7 Å². The number of halogens is 2. The normalized spacial score (nSPS) is 14.5. The van der Waals surface area contributed by atoms with E-state index in [2.05, 4.69) is 9.05 Å². The van der Waals surface area contributed by atoms with Crippen LogP contribution in [0.3, 0.4) is 0 Å². The van der Waals surface area contributed by atoms with Gasteiger partial charge in [0.05, 0.1) is 13.2 Å². The lowest BCUT2D eigenvalue weighted by Crippen LogP contribution is -2.33. The van der Waals surface area contributed by atoms with Crippen LogP contribution in [0.1, 0.15) is 19.4 Å². The Hall–Kier alpha value is -1.07. The smallest absolute Gasteiger partial charge is 0.382 e. The zero-order chi connectivity index (χ0) is 15.9. The van der Waals surface area contributed by atoms with E-state index in [0.29, 0.717) is 5.56 Å². The fourth-order valence-electron chi connectivity index (χ4n) is 1.59. The molecule has 0 aliphatic rings. The highest BCUT2D eigenvalue weighted by atomic mass is 31.2. The van der Waals surface area contributed by atoms with Gasteiger partial charge in [-0.3, -0.25) is 4.57 Å². The van der Waals surface area contributed by atoms with Gasteiger partial charge in [0.15, 0.2) is 0 Å². The van der Waals surface area contributed by atoms with E-state index in [1.54, 1.807) is 30.3 Å². The minimum atomic E-state index is -4.73. The van der Waals surface area contributed by atoms with Crippen LogP contribution in [-0.4, -0.2) is 30.1 Å². The van der Waals surface area contributed by atoms with Crippen LogP contribution in [-0.2, 0) is 13.6 Å². The van der Waals surface area contributed by atoms with E-state index in [1.165, 1.54) is 19.9 Å². The van der Waals surface area contributed by atoms with Crippen LogP contribution in [0.2, 0.25) is 0 Å². The van der Waals surface area contributed by atoms with Gasteiger partial charge in [-0.05, 0) is 25.5 Å². The molecule has 1 rings (SSSR count). The Morgan fingerprint density at radius 1 is 1.24 bits per heavy atom. The maximum Gasteiger partial charge on any atom is 0.402 e. The van der Waals surface area contributed by atoms with Gasteiger partial charge in [0, 0.05) is 0 Å². The number of aliphatic hydroxyl groups is 1. The van der Waals surface area contributed by atoms with E-state index in [0.717, 1.165) is 6.08 Å². The van der Waals surface area contributed by atoms with Crippen LogP contribution in [0.25, 0.3) is 6.08 Å². The van der Waals surface area contributed by atoms with Gasteiger partial charge in [-0.25, -0.2) is 0 Å². The SMILES string of the molecule is CCOP(=O)(OCC)C(F)(F)[C@H](O)/C=C/c1ccccc1. The fraction of sp³-hybridized carbons (Fsp3) is 0.429. The Morgan fingerprint density at radius 2 is 1.76 bits per heavy atom. The van der Waals surface area contributed by atoms with Crippen molar-refractivity contribution in [2.24, 2.45) is 0 Å². The summed E-state index contributed by atoms with van der Waals surface area (Å²) in [5, 5.41) is 9.66. The predicted octanol–water partition coefficient (Wildman–Crippen LogP) is 3.92. The Bertz CT molecular complexity index is 495. The predicted molar refractivity (Wildman–Crippen MR) is 77.3 cm³/mol. The van der Waals surface area contributed by atoms with Crippen LogP contribution in [0.15, 0.2) is 36.4 Å². The average Bonchev–Trinajstić information content (AvgIpc) is 2.46. The third-order valence-corrected chi connectivity index (χ3v) is 4.78. The first-order chi connectivity index (χ1) is 9.87. The third-order valence-electron chi connectivity index (χ3n) is 2.59. The van der Waals surface area contributed by atoms with Gasteiger partial charge < -0.3 is 14.2 Å². The van der Waals surface area contributed by atoms with Gasteiger partial charge in [-0.2, -0.15) is 8.78 Å². The maximum atomic E-state index is 14.1. The lowest BCUT2D eigenvalue weighted by molar-refractivity contribution is -0.0432. The van der Waals surface area contributed by atoms with Crippen LogP contribution in [0, 0.1) is 0 Å². The highest BCUT2D eigenvalue weighted by Crippen LogP contribution is 2.63. The average molecular weight is 320 g/mol. The molecule has 0 saturated carbocycles. The molecule has 0 aromatic heterocycles. The Kier molecular flexibility index (Phi) is 6.68. The molecule has 0 saturated heterocycles. The number of hydrogen-bond acceptors (Lipinski definition) is 4. The quantitative estimate of drug-likeness (QED) is 0.738. The molecule has 0 unspecified atom stereocenters. The van der Waals surface area contributed by atoms with E-state index in [-0.39, 0.29) is 13.2 Å². The van der Waals surface area contributed by atoms with Gasteiger partial charge in [0.25, 0.3) is 0 Å². The van der Waals surface area contributed by atoms with Crippen molar-refractivity contribution in [1.82, 2.24) is 0 Å². The first kappa shape index (κ1) is 18.0. The number of aliphatic hydroxyl groups excluding tert-OH is 1. The highest BCUT2D eigenvalue weighted by Gasteiger charge is 2.57. The molecule has 0 aliphatic carbocycles. The summed E-state index contributed by atoms with van der Waals surface area (Å²) in [5.41, 5.74) is -3.39. The van der Waals surface area contributed by atoms with Crippen molar-refractivity contribution in [3.8, 4) is 0 Å². The standard InChI is InChI=1S/C14H19F2O4P/c1-3-19-21(18,20-4-2)14(15,16)13(17)11-10-12-8-6-5-7-9-12/h5-11,13,17H,3-4H2,1-2H3/b11-10+/t13-/m1/s1. The zero-order valence-electron chi connectivity index (χ0n) is 11.9. The monoisotopic (exact) mass is 320 g/mol. The second kappa shape index (κ2) is 7.80. The Balaban J connectivity index is 2.93. The van der Waals surface area contributed by atoms with E-state index >= 15 is 0 Å². The van der Waals surface area contributed by atoms with Gasteiger partial charge >= 0.3 is 13.3 Å². The molecule has 118 valence electrons. The second-order valence-electron chi connectivity index (χ2n) is 4.14. The molecular weight excluding hydrogens is 301 g/mol. The van der Waals surface area contributed by atoms with Gasteiger partial charge in [-0.1, -0.05) is 36.4 Å². The molecule has 1 aromatic rings. The summed E-state index contributed by atoms with van der Waals surface area (Å²) in [6, 6.07) is 8.61. The Labute approximate surface area is 122 Å².